The number of carbonyl (C=O) groups excluding carboxylic acids is 1. The summed E-state index contributed by atoms with van der Waals surface area (Å²) >= 11 is 1.38. The molecule has 0 radical (unpaired) electrons. The van der Waals surface area contributed by atoms with Gasteiger partial charge in [0.1, 0.15) is 0 Å². The Labute approximate surface area is 198 Å². The number of aryl methyl sites for hydroxylation is 1. The van der Waals surface area contributed by atoms with Crippen molar-refractivity contribution in [3.05, 3.63) is 89.1 Å². The van der Waals surface area contributed by atoms with Gasteiger partial charge in [0.25, 0.3) is 15.9 Å². The van der Waals surface area contributed by atoms with E-state index < -0.39 is 10.0 Å². The number of amides is 1. The number of aromatic nitrogens is 1. The van der Waals surface area contributed by atoms with Crippen LogP contribution in [0.2, 0.25) is 0 Å². The molecule has 0 spiro atoms. The third-order valence-corrected chi connectivity index (χ3v) is 8.18. The summed E-state index contributed by atoms with van der Waals surface area (Å²) in [5.41, 5.74) is 2.51. The zero-order chi connectivity index (χ0) is 23.4. The van der Waals surface area contributed by atoms with E-state index in [0.717, 1.165) is 21.2 Å². The first-order valence-electron chi connectivity index (χ1n) is 10.7. The second kappa shape index (κ2) is 9.72. The Morgan fingerprint density at radius 1 is 1.09 bits per heavy atom. The fourth-order valence-electron chi connectivity index (χ4n) is 3.50. The van der Waals surface area contributed by atoms with Crippen LogP contribution in [0.4, 0.5) is 5.69 Å². The molecule has 0 saturated heterocycles. The molecule has 0 unspecified atom stereocenters. The Balaban J connectivity index is 1.60. The number of nitrogens with zero attached hydrogens (tertiary/aromatic N) is 2. The van der Waals surface area contributed by atoms with E-state index in [1.165, 1.54) is 15.6 Å². The Morgan fingerprint density at radius 3 is 2.58 bits per heavy atom. The van der Waals surface area contributed by atoms with Crippen LogP contribution >= 0.6 is 11.3 Å². The number of thiophene rings is 1. The van der Waals surface area contributed by atoms with Crippen LogP contribution in [-0.4, -0.2) is 25.9 Å². The Morgan fingerprint density at radius 2 is 1.88 bits per heavy atom. The molecule has 2 aromatic carbocycles. The van der Waals surface area contributed by atoms with Gasteiger partial charge in [0, 0.05) is 30.2 Å². The van der Waals surface area contributed by atoms with Crippen LogP contribution in [0.15, 0.2) is 78.0 Å². The van der Waals surface area contributed by atoms with Crippen molar-refractivity contribution in [3.63, 3.8) is 0 Å². The van der Waals surface area contributed by atoms with Crippen LogP contribution in [-0.2, 0) is 16.6 Å². The number of sulfonamides is 1. The molecule has 4 rings (SSSR count). The molecule has 0 bridgehead atoms. The highest BCUT2D eigenvalue weighted by Crippen LogP contribution is 2.32. The van der Waals surface area contributed by atoms with Crippen LogP contribution in [0.1, 0.15) is 34.1 Å². The summed E-state index contributed by atoms with van der Waals surface area (Å²) in [6.07, 6.45) is 4.08. The first-order valence-corrected chi connectivity index (χ1v) is 12.9. The van der Waals surface area contributed by atoms with E-state index in [1.807, 2.05) is 44.2 Å². The van der Waals surface area contributed by atoms with E-state index in [4.69, 9.17) is 0 Å². The van der Waals surface area contributed by atoms with E-state index in [1.54, 1.807) is 42.7 Å². The Kier molecular flexibility index (Phi) is 6.76. The molecule has 8 heteroatoms. The molecule has 0 aliphatic rings. The fraction of sp³-hybridized carbons (Fsp3) is 0.200. The zero-order valence-electron chi connectivity index (χ0n) is 18.5. The molecule has 2 heterocycles. The lowest BCUT2D eigenvalue weighted by Gasteiger charge is -2.24. The molecular formula is C25H25N3O3S2. The molecule has 1 N–H and O–H groups in total. The zero-order valence-corrected chi connectivity index (χ0v) is 20.1. The minimum Gasteiger partial charge on any atom is -0.347 e. The quantitative estimate of drug-likeness (QED) is 0.379. The molecule has 1 amide bonds. The van der Waals surface area contributed by atoms with Crippen molar-refractivity contribution in [2.45, 2.75) is 31.7 Å². The van der Waals surface area contributed by atoms with Crippen molar-refractivity contribution >= 4 is 43.0 Å². The minimum absolute atomic E-state index is 0.167. The lowest BCUT2D eigenvalue weighted by molar-refractivity contribution is 0.0955. The van der Waals surface area contributed by atoms with Crippen molar-refractivity contribution < 1.29 is 13.2 Å². The third kappa shape index (κ3) is 5.07. The highest BCUT2D eigenvalue weighted by atomic mass is 32.2. The maximum atomic E-state index is 13.4. The van der Waals surface area contributed by atoms with Crippen molar-refractivity contribution in [3.8, 4) is 0 Å². The van der Waals surface area contributed by atoms with Gasteiger partial charge in [0.2, 0.25) is 0 Å². The number of benzene rings is 2. The van der Waals surface area contributed by atoms with E-state index in [-0.39, 0.29) is 10.8 Å². The molecule has 0 fully saturated rings. The number of pyridine rings is 1. The second-order valence-electron chi connectivity index (χ2n) is 7.77. The van der Waals surface area contributed by atoms with Crippen molar-refractivity contribution in [2.75, 3.05) is 10.8 Å². The van der Waals surface area contributed by atoms with Gasteiger partial charge >= 0.3 is 0 Å². The topological polar surface area (TPSA) is 79.4 Å². The summed E-state index contributed by atoms with van der Waals surface area (Å²) in [6, 6.07) is 17.9. The number of nitrogens with one attached hydrogen (secondary N) is 1. The van der Waals surface area contributed by atoms with Crippen molar-refractivity contribution in [1.29, 1.82) is 0 Å². The molecule has 4 aromatic rings. The lowest BCUT2D eigenvalue weighted by Crippen LogP contribution is -2.31. The number of anilines is 1. The van der Waals surface area contributed by atoms with Crippen LogP contribution in [0.3, 0.4) is 0 Å². The lowest BCUT2D eigenvalue weighted by atomic mass is 10.2. The molecule has 0 atom stereocenters. The van der Waals surface area contributed by atoms with Crippen molar-refractivity contribution in [1.82, 2.24) is 10.3 Å². The van der Waals surface area contributed by atoms with Gasteiger partial charge in [-0.2, -0.15) is 0 Å². The highest BCUT2D eigenvalue weighted by molar-refractivity contribution is 7.92. The second-order valence-corrected chi connectivity index (χ2v) is 10.7. The summed E-state index contributed by atoms with van der Waals surface area (Å²) < 4.78 is 29.1. The fourth-order valence-corrected chi connectivity index (χ4v) is 6.01. The number of rotatable bonds is 8. The van der Waals surface area contributed by atoms with Gasteiger partial charge < -0.3 is 5.32 Å². The van der Waals surface area contributed by atoms with Gasteiger partial charge in [-0.3, -0.25) is 14.1 Å². The summed E-state index contributed by atoms with van der Waals surface area (Å²) in [5.74, 6) is -0.167. The maximum Gasteiger partial charge on any atom is 0.264 e. The van der Waals surface area contributed by atoms with Crippen LogP contribution < -0.4 is 9.62 Å². The molecular weight excluding hydrogens is 454 g/mol. The van der Waals surface area contributed by atoms with Gasteiger partial charge in [-0.25, -0.2) is 8.42 Å². The molecule has 33 heavy (non-hydrogen) atoms. The monoisotopic (exact) mass is 479 g/mol. The molecule has 2 aromatic heterocycles. The van der Waals surface area contributed by atoms with Crippen LogP contribution in [0.25, 0.3) is 10.1 Å². The first-order chi connectivity index (χ1) is 15.9. The van der Waals surface area contributed by atoms with Gasteiger partial charge in [-0.15, -0.1) is 11.3 Å². The van der Waals surface area contributed by atoms with E-state index in [0.29, 0.717) is 30.1 Å². The normalized spacial score (nSPS) is 11.5. The summed E-state index contributed by atoms with van der Waals surface area (Å²) in [5, 5.41) is 3.75. The maximum absolute atomic E-state index is 13.4. The third-order valence-electron chi connectivity index (χ3n) is 5.22. The molecule has 6 nitrogen and oxygen atoms in total. The molecule has 170 valence electrons. The molecule has 0 saturated carbocycles. The predicted molar refractivity (Wildman–Crippen MR) is 133 cm³/mol. The minimum atomic E-state index is -3.70. The number of carbonyl (C=O) groups is 1. The van der Waals surface area contributed by atoms with Gasteiger partial charge in [-0.05, 0) is 66.8 Å². The average Bonchev–Trinajstić information content (AvgIpc) is 3.25. The van der Waals surface area contributed by atoms with E-state index in [2.05, 4.69) is 10.3 Å². The summed E-state index contributed by atoms with van der Waals surface area (Å²) in [7, 11) is -3.70. The summed E-state index contributed by atoms with van der Waals surface area (Å²) in [6.45, 7) is 4.64. The van der Waals surface area contributed by atoms with Gasteiger partial charge in [0.05, 0.1) is 15.5 Å². The number of hydrogen-bond acceptors (Lipinski definition) is 5. The Bertz CT molecular complexity index is 1370. The highest BCUT2D eigenvalue weighted by Gasteiger charge is 2.24. The van der Waals surface area contributed by atoms with E-state index in [9.17, 15) is 13.2 Å². The molecule has 0 aliphatic carbocycles. The van der Waals surface area contributed by atoms with Gasteiger partial charge in [-0.1, -0.05) is 30.7 Å². The SMILES string of the molecule is CCCN(c1ccc2sc(C(=O)NCc3cccnc3)cc2c1)S(=O)(=O)c1ccc(C)cc1. The summed E-state index contributed by atoms with van der Waals surface area (Å²) in [4.78, 5) is 17.6. The van der Waals surface area contributed by atoms with E-state index >= 15 is 0 Å². The first kappa shape index (κ1) is 22.9. The molecule has 0 aliphatic heterocycles. The van der Waals surface area contributed by atoms with Crippen LogP contribution in [0.5, 0.6) is 0 Å². The smallest absolute Gasteiger partial charge is 0.264 e. The Hall–Kier alpha value is -3.23. The van der Waals surface area contributed by atoms with Crippen LogP contribution in [0, 0.1) is 6.92 Å². The van der Waals surface area contributed by atoms with Gasteiger partial charge in [0.15, 0.2) is 0 Å². The largest absolute Gasteiger partial charge is 0.347 e. The van der Waals surface area contributed by atoms with Crippen molar-refractivity contribution in [2.24, 2.45) is 0 Å². The standard InChI is InChI=1S/C25H25N3O3S2/c1-3-13-28(33(30,31)22-9-6-18(2)7-10-22)21-8-11-23-20(14-21)15-24(32-23)25(29)27-17-19-5-4-12-26-16-19/h4-12,14-16H,3,13,17H2,1-2H3,(H,27,29). The average molecular weight is 480 g/mol. The predicted octanol–water partition coefficient (Wildman–Crippen LogP) is 5.14. The number of hydrogen-bond donors (Lipinski definition) is 1. The number of fused-ring (bicyclic) bond motifs is 1.